The summed E-state index contributed by atoms with van der Waals surface area (Å²) in [5.74, 6) is 0. The second-order valence-electron chi connectivity index (χ2n) is 2.88. The first-order valence-electron chi connectivity index (χ1n) is 4.09. The van der Waals surface area contributed by atoms with E-state index in [1.807, 2.05) is 12.1 Å². The fraction of sp³-hybridized carbons (Fsp3) is 0.300. The highest BCUT2D eigenvalue weighted by Gasteiger charge is 2.17. The van der Waals surface area contributed by atoms with E-state index >= 15 is 0 Å². The van der Waals surface area contributed by atoms with Crippen molar-refractivity contribution in [2.45, 2.75) is 6.10 Å². The van der Waals surface area contributed by atoms with Crippen LogP contribution >= 0.6 is 0 Å². The highest BCUT2D eigenvalue weighted by atomic mass is 16.7. The summed E-state index contributed by atoms with van der Waals surface area (Å²) in [5, 5.41) is 8.59. The van der Waals surface area contributed by atoms with Gasteiger partial charge in [0.2, 0.25) is 0 Å². The van der Waals surface area contributed by atoms with Crippen LogP contribution in [0, 0.1) is 11.3 Å². The number of benzene rings is 1. The average Bonchev–Trinajstić information content (AvgIpc) is 2.71. The Kier molecular flexibility index (Phi) is 2.26. The third kappa shape index (κ3) is 1.69. The number of ether oxygens (including phenoxy) is 2. The van der Waals surface area contributed by atoms with Crippen molar-refractivity contribution < 1.29 is 9.47 Å². The first-order chi connectivity index (χ1) is 6.40. The first kappa shape index (κ1) is 8.24. The second kappa shape index (κ2) is 3.56. The minimum Gasteiger partial charge on any atom is -0.352 e. The molecule has 1 unspecified atom stereocenters. The molecule has 0 saturated carbocycles. The van der Waals surface area contributed by atoms with Crippen molar-refractivity contribution in [1.29, 1.82) is 5.26 Å². The highest BCUT2D eigenvalue weighted by molar-refractivity contribution is 5.32. The van der Waals surface area contributed by atoms with Gasteiger partial charge in [-0.15, -0.1) is 0 Å². The second-order valence-corrected chi connectivity index (χ2v) is 2.88. The van der Waals surface area contributed by atoms with Gasteiger partial charge in [0, 0.05) is 0 Å². The monoisotopic (exact) mass is 175 g/mol. The van der Waals surface area contributed by atoms with E-state index in [0.717, 1.165) is 5.56 Å². The van der Waals surface area contributed by atoms with Crippen molar-refractivity contribution in [3.05, 3.63) is 35.4 Å². The zero-order valence-corrected chi connectivity index (χ0v) is 7.06. The summed E-state index contributed by atoms with van der Waals surface area (Å²) >= 11 is 0. The standard InChI is InChI=1S/C10H9NO2/c11-5-8-1-3-9(4-2-8)10-6-12-7-13-10/h1-4,10H,6-7H2. The molecule has 0 bridgehead atoms. The SMILES string of the molecule is N#Cc1ccc(C2COCO2)cc1. The van der Waals surface area contributed by atoms with Crippen molar-refractivity contribution in [3.8, 4) is 6.07 Å². The number of rotatable bonds is 1. The van der Waals surface area contributed by atoms with Gasteiger partial charge in [-0.3, -0.25) is 0 Å². The summed E-state index contributed by atoms with van der Waals surface area (Å²) < 4.78 is 10.4. The van der Waals surface area contributed by atoms with E-state index in [-0.39, 0.29) is 6.10 Å². The molecule has 0 aromatic heterocycles. The Bertz CT molecular complexity index is 320. The van der Waals surface area contributed by atoms with Crippen molar-refractivity contribution in [2.24, 2.45) is 0 Å². The molecule has 0 spiro atoms. The smallest absolute Gasteiger partial charge is 0.147 e. The summed E-state index contributed by atoms with van der Waals surface area (Å²) in [4.78, 5) is 0. The Balaban J connectivity index is 2.18. The fourth-order valence-corrected chi connectivity index (χ4v) is 1.30. The lowest BCUT2D eigenvalue weighted by molar-refractivity contribution is 0.0466. The van der Waals surface area contributed by atoms with E-state index in [1.165, 1.54) is 0 Å². The molecular weight excluding hydrogens is 166 g/mol. The van der Waals surface area contributed by atoms with Crippen LogP contribution in [0.15, 0.2) is 24.3 Å². The molecular formula is C10H9NO2. The summed E-state index contributed by atoms with van der Waals surface area (Å²) in [6.07, 6.45) is 0.0349. The molecule has 3 nitrogen and oxygen atoms in total. The molecule has 1 aromatic rings. The Hall–Kier alpha value is -1.37. The number of nitriles is 1. The minimum absolute atomic E-state index is 0.0349. The predicted octanol–water partition coefficient (Wildman–Crippen LogP) is 1.60. The molecule has 0 amide bonds. The zero-order valence-electron chi connectivity index (χ0n) is 7.06. The molecule has 1 heterocycles. The molecule has 1 saturated heterocycles. The van der Waals surface area contributed by atoms with Gasteiger partial charge >= 0.3 is 0 Å². The van der Waals surface area contributed by atoms with Gasteiger partial charge in [0.1, 0.15) is 12.9 Å². The van der Waals surface area contributed by atoms with Crippen LogP contribution in [-0.4, -0.2) is 13.4 Å². The number of nitrogens with zero attached hydrogens (tertiary/aromatic N) is 1. The largest absolute Gasteiger partial charge is 0.352 e. The van der Waals surface area contributed by atoms with Crippen LogP contribution in [0.5, 0.6) is 0 Å². The van der Waals surface area contributed by atoms with E-state index in [0.29, 0.717) is 19.0 Å². The maximum absolute atomic E-state index is 8.59. The van der Waals surface area contributed by atoms with E-state index in [9.17, 15) is 0 Å². The van der Waals surface area contributed by atoms with Gasteiger partial charge in [-0.2, -0.15) is 5.26 Å². The van der Waals surface area contributed by atoms with Crippen molar-refractivity contribution in [3.63, 3.8) is 0 Å². The van der Waals surface area contributed by atoms with Crippen LogP contribution in [-0.2, 0) is 9.47 Å². The molecule has 1 aliphatic heterocycles. The van der Waals surface area contributed by atoms with E-state index < -0.39 is 0 Å². The third-order valence-corrected chi connectivity index (χ3v) is 2.03. The molecule has 0 N–H and O–H groups in total. The quantitative estimate of drug-likeness (QED) is 0.651. The van der Waals surface area contributed by atoms with Crippen molar-refractivity contribution in [1.82, 2.24) is 0 Å². The summed E-state index contributed by atoms with van der Waals surface area (Å²) in [7, 11) is 0. The van der Waals surface area contributed by atoms with Gasteiger partial charge in [-0.05, 0) is 17.7 Å². The summed E-state index contributed by atoms with van der Waals surface area (Å²) in [6.45, 7) is 0.969. The minimum atomic E-state index is 0.0349. The molecule has 66 valence electrons. The normalized spacial score (nSPS) is 21.3. The van der Waals surface area contributed by atoms with Gasteiger partial charge in [-0.1, -0.05) is 12.1 Å². The molecule has 3 heteroatoms. The van der Waals surface area contributed by atoms with Crippen LogP contribution in [0.3, 0.4) is 0 Å². The molecule has 2 rings (SSSR count). The third-order valence-electron chi connectivity index (χ3n) is 2.03. The van der Waals surface area contributed by atoms with Gasteiger partial charge in [-0.25, -0.2) is 0 Å². The van der Waals surface area contributed by atoms with E-state index in [2.05, 4.69) is 6.07 Å². The Labute approximate surface area is 76.5 Å². The topological polar surface area (TPSA) is 42.2 Å². The molecule has 0 aliphatic carbocycles. The number of hydrogen-bond acceptors (Lipinski definition) is 3. The van der Waals surface area contributed by atoms with Gasteiger partial charge in [0.25, 0.3) is 0 Å². The van der Waals surface area contributed by atoms with E-state index in [1.54, 1.807) is 12.1 Å². The van der Waals surface area contributed by atoms with E-state index in [4.69, 9.17) is 14.7 Å². The Morgan fingerprint density at radius 1 is 1.31 bits per heavy atom. The summed E-state index contributed by atoms with van der Waals surface area (Å²) in [5.41, 5.74) is 1.74. The highest BCUT2D eigenvalue weighted by Crippen LogP contribution is 2.22. The van der Waals surface area contributed by atoms with Crippen LogP contribution in [0.4, 0.5) is 0 Å². The summed E-state index contributed by atoms with van der Waals surface area (Å²) in [6, 6.07) is 9.45. The molecule has 1 aromatic carbocycles. The molecule has 1 atom stereocenters. The maximum Gasteiger partial charge on any atom is 0.147 e. The lowest BCUT2D eigenvalue weighted by Crippen LogP contribution is -1.98. The van der Waals surface area contributed by atoms with Crippen LogP contribution < -0.4 is 0 Å². The molecule has 0 radical (unpaired) electrons. The lowest BCUT2D eigenvalue weighted by atomic mass is 10.1. The van der Waals surface area contributed by atoms with Crippen LogP contribution in [0.25, 0.3) is 0 Å². The van der Waals surface area contributed by atoms with Crippen LogP contribution in [0.1, 0.15) is 17.2 Å². The predicted molar refractivity (Wildman–Crippen MR) is 45.8 cm³/mol. The average molecular weight is 175 g/mol. The first-order valence-corrected chi connectivity index (χ1v) is 4.09. The lowest BCUT2D eigenvalue weighted by Gasteiger charge is -2.06. The van der Waals surface area contributed by atoms with Gasteiger partial charge in [0.15, 0.2) is 0 Å². The Morgan fingerprint density at radius 3 is 2.62 bits per heavy atom. The maximum atomic E-state index is 8.59. The van der Waals surface area contributed by atoms with Crippen LogP contribution in [0.2, 0.25) is 0 Å². The number of hydrogen-bond donors (Lipinski definition) is 0. The van der Waals surface area contributed by atoms with Gasteiger partial charge < -0.3 is 9.47 Å². The molecule has 13 heavy (non-hydrogen) atoms. The molecule has 1 aliphatic rings. The zero-order chi connectivity index (χ0) is 9.10. The van der Waals surface area contributed by atoms with Gasteiger partial charge in [0.05, 0.1) is 18.2 Å². The van der Waals surface area contributed by atoms with Crippen molar-refractivity contribution in [2.75, 3.05) is 13.4 Å². The Morgan fingerprint density at radius 2 is 2.08 bits per heavy atom. The van der Waals surface area contributed by atoms with Crippen molar-refractivity contribution >= 4 is 0 Å². The fourth-order valence-electron chi connectivity index (χ4n) is 1.30. The molecule has 1 fully saturated rings.